The van der Waals surface area contributed by atoms with E-state index in [1.54, 1.807) is 7.11 Å². The zero-order chi connectivity index (χ0) is 15.5. The number of nitrogens with one attached hydrogen (secondary N) is 1. The van der Waals surface area contributed by atoms with Gasteiger partial charge in [0.1, 0.15) is 5.75 Å². The summed E-state index contributed by atoms with van der Waals surface area (Å²) in [6.07, 6.45) is -4.30. The van der Waals surface area contributed by atoms with Gasteiger partial charge in [-0.1, -0.05) is 12.1 Å². The molecule has 1 unspecified atom stereocenters. The van der Waals surface area contributed by atoms with E-state index in [0.717, 1.165) is 29.1 Å². The predicted octanol–water partition coefficient (Wildman–Crippen LogP) is 4.89. The molecule has 0 radical (unpaired) electrons. The SMILES string of the molecule is COc1ccc(NC(C)c2ccc(C(F)(F)F)cc2)cc1. The van der Waals surface area contributed by atoms with Crippen molar-refractivity contribution < 1.29 is 17.9 Å². The minimum atomic E-state index is -4.30. The maximum Gasteiger partial charge on any atom is 0.416 e. The first-order valence-corrected chi connectivity index (χ1v) is 6.48. The fourth-order valence-electron chi connectivity index (χ4n) is 1.98. The lowest BCUT2D eigenvalue weighted by atomic mass is 10.1. The second-order valence-electron chi connectivity index (χ2n) is 4.71. The Balaban J connectivity index is 2.07. The van der Waals surface area contributed by atoms with Crippen LogP contribution in [0.5, 0.6) is 5.75 Å². The third kappa shape index (κ3) is 3.90. The van der Waals surface area contributed by atoms with Gasteiger partial charge < -0.3 is 10.1 Å². The summed E-state index contributed by atoms with van der Waals surface area (Å²) in [7, 11) is 1.59. The molecule has 2 nitrogen and oxygen atoms in total. The number of halogens is 3. The topological polar surface area (TPSA) is 21.3 Å². The molecular weight excluding hydrogens is 279 g/mol. The number of rotatable bonds is 4. The number of ether oxygens (including phenoxy) is 1. The molecule has 2 aromatic carbocycles. The van der Waals surface area contributed by atoms with E-state index in [1.165, 1.54) is 12.1 Å². The molecule has 0 bridgehead atoms. The van der Waals surface area contributed by atoms with Crippen LogP contribution < -0.4 is 10.1 Å². The number of benzene rings is 2. The highest BCUT2D eigenvalue weighted by Crippen LogP contribution is 2.30. The number of hydrogen-bond donors (Lipinski definition) is 1. The first-order valence-electron chi connectivity index (χ1n) is 6.48. The lowest BCUT2D eigenvalue weighted by Crippen LogP contribution is -2.08. The van der Waals surface area contributed by atoms with Crippen molar-refractivity contribution in [1.82, 2.24) is 0 Å². The Kier molecular flexibility index (Phi) is 4.40. The number of anilines is 1. The van der Waals surface area contributed by atoms with Gasteiger partial charge in [0.2, 0.25) is 0 Å². The van der Waals surface area contributed by atoms with Crippen molar-refractivity contribution in [2.24, 2.45) is 0 Å². The van der Waals surface area contributed by atoms with E-state index in [9.17, 15) is 13.2 Å². The summed E-state index contributed by atoms with van der Waals surface area (Å²) in [5, 5.41) is 3.23. The smallest absolute Gasteiger partial charge is 0.416 e. The molecule has 0 aliphatic rings. The van der Waals surface area contributed by atoms with Crippen molar-refractivity contribution in [3.63, 3.8) is 0 Å². The molecule has 21 heavy (non-hydrogen) atoms. The van der Waals surface area contributed by atoms with Crippen LogP contribution in [0.4, 0.5) is 18.9 Å². The van der Waals surface area contributed by atoms with Gasteiger partial charge in [-0.2, -0.15) is 13.2 Å². The Morgan fingerprint density at radius 1 is 0.952 bits per heavy atom. The van der Waals surface area contributed by atoms with Gasteiger partial charge in [0.25, 0.3) is 0 Å². The first kappa shape index (κ1) is 15.2. The van der Waals surface area contributed by atoms with E-state index in [4.69, 9.17) is 4.74 Å². The normalized spacial score (nSPS) is 12.8. The minimum Gasteiger partial charge on any atom is -0.497 e. The molecule has 0 aliphatic heterocycles. The van der Waals surface area contributed by atoms with Crippen LogP contribution in [-0.4, -0.2) is 7.11 Å². The quantitative estimate of drug-likeness (QED) is 0.867. The van der Waals surface area contributed by atoms with E-state index in [-0.39, 0.29) is 6.04 Å². The fraction of sp³-hybridized carbons (Fsp3) is 0.250. The van der Waals surface area contributed by atoms with Crippen LogP contribution in [0.25, 0.3) is 0 Å². The highest BCUT2D eigenvalue weighted by atomic mass is 19.4. The Hall–Kier alpha value is -2.17. The highest BCUT2D eigenvalue weighted by molar-refractivity contribution is 5.48. The molecule has 0 saturated heterocycles. The number of hydrogen-bond acceptors (Lipinski definition) is 2. The molecular formula is C16H16F3NO. The molecule has 0 amide bonds. The summed E-state index contributed by atoms with van der Waals surface area (Å²) in [4.78, 5) is 0. The summed E-state index contributed by atoms with van der Waals surface area (Å²) >= 11 is 0. The van der Waals surface area contributed by atoms with Gasteiger partial charge in [0, 0.05) is 11.7 Å². The standard InChI is InChI=1S/C16H16F3NO/c1-11(20-14-7-9-15(21-2)10-8-14)12-3-5-13(6-4-12)16(17,18)19/h3-11,20H,1-2H3. The Morgan fingerprint density at radius 3 is 2.00 bits per heavy atom. The zero-order valence-corrected chi connectivity index (χ0v) is 11.7. The molecule has 1 N–H and O–H groups in total. The van der Waals surface area contributed by atoms with E-state index < -0.39 is 11.7 Å². The maximum atomic E-state index is 12.5. The molecule has 2 aromatic rings. The number of alkyl halides is 3. The largest absolute Gasteiger partial charge is 0.497 e. The average Bonchev–Trinajstić information content (AvgIpc) is 2.47. The minimum absolute atomic E-state index is 0.0966. The third-order valence-corrected chi connectivity index (χ3v) is 3.21. The van der Waals surface area contributed by atoms with Gasteiger partial charge in [-0.05, 0) is 48.9 Å². The van der Waals surface area contributed by atoms with Crippen LogP contribution >= 0.6 is 0 Å². The van der Waals surface area contributed by atoms with Crippen LogP contribution in [0.15, 0.2) is 48.5 Å². The lowest BCUT2D eigenvalue weighted by molar-refractivity contribution is -0.137. The summed E-state index contributed by atoms with van der Waals surface area (Å²) < 4.78 is 42.6. The monoisotopic (exact) mass is 295 g/mol. The second kappa shape index (κ2) is 6.08. The van der Waals surface area contributed by atoms with Crippen LogP contribution in [0, 0.1) is 0 Å². The van der Waals surface area contributed by atoms with E-state index in [2.05, 4.69) is 5.32 Å². The third-order valence-electron chi connectivity index (χ3n) is 3.21. The molecule has 0 fully saturated rings. The van der Waals surface area contributed by atoms with Gasteiger partial charge in [0.15, 0.2) is 0 Å². The van der Waals surface area contributed by atoms with Crippen molar-refractivity contribution in [1.29, 1.82) is 0 Å². The average molecular weight is 295 g/mol. The maximum absolute atomic E-state index is 12.5. The predicted molar refractivity (Wildman–Crippen MR) is 76.5 cm³/mol. The molecule has 1 atom stereocenters. The molecule has 0 aliphatic carbocycles. The lowest BCUT2D eigenvalue weighted by Gasteiger charge is -2.17. The summed E-state index contributed by atoms with van der Waals surface area (Å²) in [5.41, 5.74) is 1.03. The molecule has 0 spiro atoms. The first-order chi connectivity index (χ1) is 9.90. The van der Waals surface area contributed by atoms with E-state index >= 15 is 0 Å². The highest BCUT2D eigenvalue weighted by Gasteiger charge is 2.30. The van der Waals surface area contributed by atoms with Crippen molar-refractivity contribution in [2.45, 2.75) is 19.1 Å². The van der Waals surface area contributed by atoms with E-state index in [1.807, 2.05) is 31.2 Å². The van der Waals surface area contributed by atoms with Crippen LogP contribution in [0.1, 0.15) is 24.1 Å². The molecule has 112 valence electrons. The van der Waals surface area contributed by atoms with Crippen LogP contribution in [-0.2, 0) is 6.18 Å². The van der Waals surface area contributed by atoms with Gasteiger partial charge in [0.05, 0.1) is 12.7 Å². The summed E-state index contributed by atoms with van der Waals surface area (Å²) in [6, 6.07) is 12.4. The van der Waals surface area contributed by atoms with Crippen molar-refractivity contribution in [2.75, 3.05) is 12.4 Å². The van der Waals surface area contributed by atoms with Crippen molar-refractivity contribution in [3.8, 4) is 5.75 Å². The second-order valence-corrected chi connectivity index (χ2v) is 4.71. The van der Waals surface area contributed by atoms with Gasteiger partial charge in [-0.25, -0.2) is 0 Å². The molecule has 0 saturated carbocycles. The molecule has 2 rings (SSSR count). The van der Waals surface area contributed by atoms with Crippen molar-refractivity contribution in [3.05, 3.63) is 59.7 Å². The van der Waals surface area contributed by atoms with Crippen LogP contribution in [0.3, 0.4) is 0 Å². The summed E-state index contributed by atoms with van der Waals surface area (Å²) in [6.45, 7) is 1.90. The Morgan fingerprint density at radius 2 is 1.52 bits per heavy atom. The van der Waals surface area contributed by atoms with Crippen LogP contribution in [0.2, 0.25) is 0 Å². The fourth-order valence-corrected chi connectivity index (χ4v) is 1.98. The molecule has 0 heterocycles. The van der Waals surface area contributed by atoms with Crippen molar-refractivity contribution >= 4 is 5.69 Å². The van der Waals surface area contributed by atoms with Gasteiger partial charge in [-0.15, -0.1) is 0 Å². The van der Waals surface area contributed by atoms with E-state index in [0.29, 0.717) is 0 Å². The Bertz CT molecular complexity index is 576. The molecule has 0 aromatic heterocycles. The van der Waals surface area contributed by atoms with Gasteiger partial charge in [-0.3, -0.25) is 0 Å². The van der Waals surface area contributed by atoms with Gasteiger partial charge >= 0.3 is 6.18 Å². The number of methoxy groups -OCH3 is 1. The zero-order valence-electron chi connectivity index (χ0n) is 11.7. The summed E-state index contributed by atoms with van der Waals surface area (Å²) in [5.74, 6) is 0.753. The Labute approximate surface area is 121 Å². The molecule has 5 heteroatoms.